The second-order valence-corrected chi connectivity index (χ2v) is 7.57. The van der Waals surface area contributed by atoms with E-state index >= 15 is 0 Å². The molecule has 1 aliphatic heterocycles. The van der Waals surface area contributed by atoms with Crippen molar-refractivity contribution >= 4 is 23.2 Å². The number of thiazole rings is 1. The second-order valence-electron chi connectivity index (χ2n) is 6.25. The minimum Gasteiger partial charge on any atom is -0.353 e. The first-order valence-electron chi connectivity index (χ1n) is 8.36. The summed E-state index contributed by atoms with van der Waals surface area (Å²) < 4.78 is 0. The molecule has 1 fully saturated rings. The van der Waals surface area contributed by atoms with E-state index in [0.717, 1.165) is 37.1 Å². The monoisotopic (exact) mass is 352 g/mol. The van der Waals surface area contributed by atoms with Crippen LogP contribution in [-0.2, 0) is 11.3 Å². The maximum Gasteiger partial charge on any atom is 0.234 e. The number of hydrogen-bond acceptors (Lipinski definition) is 5. The standard InChI is InChI=1S/C16H28N6OS/c1-12(2)20-14(23)11-21-5-7-22(8-6-21)16(17-4)19-10-15-18-9-13(3)24-15/h9,12H,5-8,10-11H2,1-4H3,(H,17,19)(H,20,23). The van der Waals surface area contributed by atoms with Crippen LogP contribution in [-0.4, -0.2) is 72.5 Å². The van der Waals surface area contributed by atoms with Gasteiger partial charge in [-0.2, -0.15) is 0 Å². The molecule has 24 heavy (non-hydrogen) atoms. The lowest BCUT2D eigenvalue weighted by Crippen LogP contribution is -2.54. The highest BCUT2D eigenvalue weighted by molar-refractivity contribution is 7.11. The number of guanidine groups is 1. The van der Waals surface area contributed by atoms with Crippen LogP contribution in [0.3, 0.4) is 0 Å². The zero-order valence-electron chi connectivity index (χ0n) is 15.0. The molecule has 2 rings (SSSR count). The average molecular weight is 353 g/mol. The third kappa shape index (κ3) is 5.76. The number of nitrogens with zero attached hydrogens (tertiary/aromatic N) is 4. The smallest absolute Gasteiger partial charge is 0.234 e. The molecule has 1 aromatic heterocycles. The molecule has 1 saturated heterocycles. The van der Waals surface area contributed by atoms with Gasteiger partial charge in [-0.25, -0.2) is 4.98 Å². The number of rotatable bonds is 5. The molecule has 7 nitrogen and oxygen atoms in total. The van der Waals surface area contributed by atoms with Crippen LogP contribution in [0.2, 0.25) is 0 Å². The van der Waals surface area contributed by atoms with E-state index < -0.39 is 0 Å². The summed E-state index contributed by atoms with van der Waals surface area (Å²) in [4.78, 5) is 26.2. The number of amides is 1. The third-order valence-corrected chi connectivity index (χ3v) is 4.68. The van der Waals surface area contributed by atoms with E-state index in [1.54, 1.807) is 18.4 Å². The van der Waals surface area contributed by atoms with Crippen LogP contribution in [0, 0.1) is 6.92 Å². The molecule has 0 aliphatic carbocycles. The lowest BCUT2D eigenvalue weighted by atomic mass is 10.3. The largest absolute Gasteiger partial charge is 0.353 e. The molecule has 0 atom stereocenters. The Morgan fingerprint density at radius 2 is 2.08 bits per heavy atom. The van der Waals surface area contributed by atoms with Crippen molar-refractivity contribution in [2.75, 3.05) is 39.8 Å². The summed E-state index contributed by atoms with van der Waals surface area (Å²) in [6, 6.07) is 0.191. The minimum atomic E-state index is 0.0973. The molecule has 1 aromatic rings. The highest BCUT2D eigenvalue weighted by atomic mass is 32.1. The summed E-state index contributed by atoms with van der Waals surface area (Å²) in [6.45, 7) is 10.6. The second kappa shape index (κ2) is 8.98. The molecule has 2 heterocycles. The SMILES string of the molecule is CN=C(NCc1ncc(C)s1)N1CCN(CC(=O)NC(C)C)CC1. The third-order valence-electron chi connectivity index (χ3n) is 3.77. The first-order chi connectivity index (χ1) is 11.5. The number of carbonyl (C=O) groups is 1. The molecule has 134 valence electrons. The topological polar surface area (TPSA) is 72.9 Å². The predicted molar refractivity (Wildman–Crippen MR) is 98.3 cm³/mol. The van der Waals surface area contributed by atoms with Gasteiger partial charge in [-0.15, -0.1) is 11.3 Å². The number of aromatic nitrogens is 1. The summed E-state index contributed by atoms with van der Waals surface area (Å²) in [6.07, 6.45) is 1.89. The van der Waals surface area contributed by atoms with Crippen LogP contribution in [0.25, 0.3) is 0 Å². The maximum atomic E-state index is 11.8. The van der Waals surface area contributed by atoms with Crippen LogP contribution in [0.5, 0.6) is 0 Å². The number of aliphatic imine (C=N–C) groups is 1. The lowest BCUT2D eigenvalue weighted by Gasteiger charge is -2.36. The molecule has 1 amide bonds. The van der Waals surface area contributed by atoms with Crippen molar-refractivity contribution in [1.82, 2.24) is 25.4 Å². The number of piperazine rings is 1. The molecule has 0 aromatic carbocycles. The summed E-state index contributed by atoms with van der Waals surface area (Å²) in [7, 11) is 1.80. The summed E-state index contributed by atoms with van der Waals surface area (Å²) in [5.41, 5.74) is 0. The molecule has 0 unspecified atom stereocenters. The van der Waals surface area contributed by atoms with Crippen LogP contribution >= 0.6 is 11.3 Å². The zero-order chi connectivity index (χ0) is 17.5. The lowest BCUT2D eigenvalue weighted by molar-refractivity contribution is -0.123. The molecule has 0 spiro atoms. The van der Waals surface area contributed by atoms with Gasteiger partial charge in [0.1, 0.15) is 5.01 Å². The van der Waals surface area contributed by atoms with Gasteiger partial charge in [-0.05, 0) is 20.8 Å². The Kier molecular flexibility index (Phi) is 6.99. The van der Waals surface area contributed by atoms with E-state index in [4.69, 9.17) is 0 Å². The van der Waals surface area contributed by atoms with Crippen molar-refractivity contribution in [1.29, 1.82) is 0 Å². The fourth-order valence-corrected chi connectivity index (χ4v) is 3.39. The van der Waals surface area contributed by atoms with E-state index in [0.29, 0.717) is 13.1 Å². The van der Waals surface area contributed by atoms with E-state index in [9.17, 15) is 4.79 Å². The highest BCUT2D eigenvalue weighted by Crippen LogP contribution is 2.11. The number of carbonyl (C=O) groups excluding carboxylic acids is 1. The molecule has 8 heteroatoms. The molecular weight excluding hydrogens is 324 g/mol. The summed E-state index contributed by atoms with van der Waals surface area (Å²) >= 11 is 1.70. The molecule has 0 bridgehead atoms. The number of hydrogen-bond donors (Lipinski definition) is 2. The first kappa shape index (κ1) is 18.7. The van der Waals surface area contributed by atoms with Crippen molar-refractivity contribution in [3.63, 3.8) is 0 Å². The van der Waals surface area contributed by atoms with E-state index in [2.05, 4.69) is 37.3 Å². The normalized spacial score (nSPS) is 16.5. The summed E-state index contributed by atoms with van der Waals surface area (Å²) in [5, 5.41) is 7.38. The fourth-order valence-electron chi connectivity index (χ4n) is 2.66. The predicted octanol–water partition coefficient (Wildman–Crippen LogP) is 0.669. The van der Waals surface area contributed by atoms with E-state index in [-0.39, 0.29) is 11.9 Å². The summed E-state index contributed by atoms with van der Waals surface area (Å²) in [5.74, 6) is 0.995. The van der Waals surface area contributed by atoms with Crippen LogP contribution in [0.15, 0.2) is 11.2 Å². The average Bonchev–Trinajstić information content (AvgIpc) is 2.94. The maximum absolute atomic E-state index is 11.8. The molecule has 2 N–H and O–H groups in total. The van der Waals surface area contributed by atoms with Gasteiger partial charge in [0.15, 0.2) is 5.96 Å². The Labute approximate surface area is 148 Å². The van der Waals surface area contributed by atoms with Crippen molar-refractivity contribution in [2.45, 2.75) is 33.4 Å². The Morgan fingerprint density at radius 1 is 1.38 bits per heavy atom. The molecule has 0 radical (unpaired) electrons. The van der Waals surface area contributed by atoms with Crippen LogP contribution in [0.1, 0.15) is 23.7 Å². The van der Waals surface area contributed by atoms with Crippen molar-refractivity contribution < 1.29 is 4.79 Å². The van der Waals surface area contributed by atoms with Gasteiger partial charge in [0.05, 0.1) is 13.1 Å². The van der Waals surface area contributed by atoms with Gasteiger partial charge in [0.25, 0.3) is 0 Å². The fraction of sp³-hybridized carbons (Fsp3) is 0.688. The Hall–Kier alpha value is -1.67. The quantitative estimate of drug-likeness (QED) is 0.602. The number of aryl methyl sites for hydroxylation is 1. The van der Waals surface area contributed by atoms with Gasteiger partial charge in [0.2, 0.25) is 5.91 Å². The zero-order valence-corrected chi connectivity index (χ0v) is 15.8. The van der Waals surface area contributed by atoms with Crippen molar-refractivity contribution in [3.05, 3.63) is 16.1 Å². The van der Waals surface area contributed by atoms with Crippen molar-refractivity contribution in [3.8, 4) is 0 Å². The van der Waals surface area contributed by atoms with E-state index in [1.807, 2.05) is 20.0 Å². The van der Waals surface area contributed by atoms with Crippen molar-refractivity contribution in [2.24, 2.45) is 4.99 Å². The van der Waals surface area contributed by atoms with Gasteiger partial charge >= 0.3 is 0 Å². The van der Waals surface area contributed by atoms with Crippen LogP contribution in [0.4, 0.5) is 0 Å². The first-order valence-corrected chi connectivity index (χ1v) is 9.18. The van der Waals surface area contributed by atoms with Crippen LogP contribution < -0.4 is 10.6 Å². The number of nitrogens with one attached hydrogen (secondary N) is 2. The van der Waals surface area contributed by atoms with Gasteiger partial charge < -0.3 is 15.5 Å². The Morgan fingerprint density at radius 3 is 2.62 bits per heavy atom. The van der Waals surface area contributed by atoms with Gasteiger partial charge in [0, 0.05) is 50.3 Å². The molecular formula is C16H28N6OS. The van der Waals surface area contributed by atoms with Gasteiger partial charge in [-0.3, -0.25) is 14.7 Å². The highest BCUT2D eigenvalue weighted by Gasteiger charge is 2.21. The molecule has 0 saturated carbocycles. The minimum absolute atomic E-state index is 0.0973. The van der Waals surface area contributed by atoms with Gasteiger partial charge in [-0.1, -0.05) is 0 Å². The van der Waals surface area contributed by atoms with E-state index in [1.165, 1.54) is 4.88 Å². The Balaban J connectivity index is 1.76. The Bertz CT molecular complexity index is 563. The molecule has 1 aliphatic rings.